The highest BCUT2D eigenvalue weighted by Gasteiger charge is 2.12. The summed E-state index contributed by atoms with van der Waals surface area (Å²) >= 11 is 0. The van der Waals surface area contributed by atoms with Gasteiger partial charge < -0.3 is 15.4 Å². The Labute approximate surface area is 139 Å². The van der Waals surface area contributed by atoms with Crippen LogP contribution in [0, 0.1) is 6.92 Å². The second-order valence-corrected chi connectivity index (χ2v) is 6.11. The molecule has 0 radical (unpaired) electrons. The van der Waals surface area contributed by atoms with Gasteiger partial charge >= 0.3 is 0 Å². The number of guanidine groups is 1. The van der Waals surface area contributed by atoms with Crippen LogP contribution < -0.4 is 10.6 Å². The second-order valence-electron chi connectivity index (χ2n) is 6.11. The lowest BCUT2D eigenvalue weighted by atomic mass is 9.98. The molecule has 1 aliphatic carbocycles. The van der Waals surface area contributed by atoms with Gasteiger partial charge in [-0.3, -0.25) is 9.98 Å². The molecule has 128 valence electrons. The van der Waals surface area contributed by atoms with Gasteiger partial charge in [-0.15, -0.1) is 0 Å². The molecule has 0 amide bonds. The Kier molecular flexibility index (Phi) is 7.87. The van der Waals surface area contributed by atoms with E-state index in [9.17, 15) is 0 Å². The highest BCUT2D eigenvalue weighted by atomic mass is 16.5. The van der Waals surface area contributed by atoms with Crippen LogP contribution in [0.5, 0.6) is 0 Å². The summed E-state index contributed by atoms with van der Waals surface area (Å²) in [6.45, 7) is 4.38. The number of nitrogens with one attached hydrogen (secondary N) is 2. The Balaban J connectivity index is 1.57. The predicted octanol–water partition coefficient (Wildman–Crippen LogP) is 2.79. The maximum absolute atomic E-state index is 5.93. The second kappa shape index (κ2) is 10.2. The van der Waals surface area contributed by atoms with Gasteiger partial charge in [0.2, 0.25) is 0 Å². The minimum Gasteiger partial charge on any atom is -0.378 e. The molecule has 0 unspecified atom stereocenters. The molecular formula is C18H30N4O. The number of aliphatic imine (C=N–C) groups is 1. The van der Waals surface area contributed by atoms with E-state index in [0.717, 1.165) is 36.9 Å². The van der Waals surface area contributed by atoms with E-state index < -0.39 is 0 Å². The lowest BCUT2D eigenvalue weighted by Crippen LogP contribution is -2.37. The molecule has 1 heterocycles. The lowest BCUT2D eigenvalue weighted by Gasteiger charge is -2.22. The highest BCUT2D eigenvalue weighted by Crippen LogP contribution is 2.20. The molecule has 1 fully saturated rings. The zero-order chi connectivity index (χ0) is 16.3. The maximum atomic E-state index is 5.93. The third kappa shape index (κ3) is 6.99. The monoisotopic (exact) mass is 318 g/mol. The van der Waals surface area contributed by atoms with E-state index in [-0.39, 0.29) is 0 Å². The van der Waals surface area contributed by atoms with Crippen molar-refractivity contribution in [2.24, 2.45) is 4.99 Å². The summed E-state index contributed by atoms with van der Waals surface area (Å²) in [7, 11) is 1.79. The normalized spacial score (nSPS) is 16.3. The fourth-order valence-electron chi connectivity index (χ4n) is 2.85. The van der Waals surface area contributed by atoms with Gasteiger partial charge in [0.15, 0.2) is 5.96 Å². The Morgan fingerprint density at radius 1 is 1.26 bits per heavy atom. The first kappa shape index (κ1) is 17.7. The number of ether oxygens (including phenoxy) is 1. The average Bonchev–Trinajstić information content (AvgIpc) is 2.58. The fourth-order valence-corrected chi connectivity index (χ4v) is 2.85. The highest BCUT2D eigenvalue weighted by molar-refractivity contribution is 5.79. The Bertz CT molecular complexity index is 484. The molecule has 2 rings (SSSR count). The van der Waals surface area contributed by atoms with Crippen molar-refractivity contribution in [1.82, 2.24) is 15.6 Å². The van der Waals surface area contributed by atoms with Gasteiger partial charge in [0.1, 0.15) is 0 Å². The first-order chi connectivity index (χ1) is 11.3. The molecule has 2 N–H and O–H groups in total. The first-order valence-electron chi connectivity index (χ1n) is 8.76. The van der Waals surface area contributed by atoms with Gasteiger partial charge in [0.25, 0.3) is 0 Å². The van der Waals surface area contributed by atoms with Crippen LogP contribution in [-0.2, 0) is 11.3 Å². The van der Waals surface area contributed by atoms with Gasteiger partial charge in [-0.1, -0.05) is 25.3 Å². The molecule has 1 aromatic heterocycles. The molecule has 1 aliphatic rings. The van der Waals surface area contributed by atoms with Crippen molar-refractivity contribution in [2.45, 2.75) is 58.1 Å². The molecule has 0 spiro atoms. The number of pyridine rings is 1. The van der Waals surface area contributed by atoms with Crippen molar-refractivity contribution in [1.29, 1.82) is 0 Å². The van der Waals surface area contributed by atoms with Gasteiger partial charge in [0, 0.05) is 25.9 Å². The van der Waals surface area contributed by atoms with Crippen molar-refractivity contribution < 1.29 is 4.74 Å². The van der Waals surface area contributed by atoms with Crippen LogP contribution in [-0.4, -0.2) is 37.2 Å². The summed E-state index contributed by atoms with van der Waals surface area (Å²) in [6, 6.07) is 6.05. The van der Waals surface area contributed by atoms with E-state index in [4.69, 9.17) is 4.74 Å². The van der Waals surface area contributed by atoms with E-state index >= 15 is 0 Å². The van der Waals surface area contributed by atoms with Crippen molar-refractivity contribution in [2.75, 3.05) is 20.2 Å². The zero-order valence-corrected chi connectivity index (χ0v) is 14.5. The van der Waals surface area contributed by atoms with E-state index in [2.05, 4.69) is 20.6 Å². The molecule has 5 heteroatoms. The van der Waals surface area contributed by atoms with Crippen LogP contribution >= 0.6 is 0 Å². The van der Waals surface area contributed by atoms with E-state index in [1.165, 1.54) is 32.1 Å². The van der Waals surface area contributed by atoms with Gasteiger partial charge in [-0.25, -0.2) is 0 Å². The topological polar surface area (TPSA) is 58.5 Å². The summed E-state index contributed by atoms with van der Waals surface area (Å²) in [6.07, 6.45) is 7.99. The van der Waals surface area contributed by atoms with Crippen molar-refractivity contribution in [3.8, 4) is 0 Å². The zero-order valence-electron chi connectivity index (χ0n) is 14.5. The molecule has 1 saturated carbocycles. The number of aryl methyl sites for hydroxylation is 1. The molecular weight excluding hydrogens is 288 g/mol. The number of aromatic nitrogens is 1. The third-order valence-electron chi connectivity index (χ3n) is 4.13. The smallest absolute Gasteiger partial charge is 0.191 e. The Morgan fingerprint density at radius 2 is 2.09 bits per heavy atom. The molecule has 0 bridgehead atoms. The van der Waals surface area contributed by atoms with Crippen LogP contribution in [0.3, 0.4) is 0 Å². The Morgan fingerprint density at radius 3 is 2.83 bits per heavy atom. The minimum absolute atomic E-state index is 0.494. The maximum Gasteiger partial charge on any atom is 0.191 e. The number of nitrogens with zero attached hydrogens (tertiary/aromatic N) is 2. The number of hydrogen-bond donors (Lipinski definition) is 2. The summed E-state index contributed by atoms with van der Waals surface area (Å²) in [4.78, 5) is 8.71. The van der Waals surface area contributed by atoms with E-state index in [0.29, 0.717) is 12.6 Å². The van der Waals surface area contributed by atoms with E-state index in [1.807, 2.05) is 25.1 Å². The first-order valence-corrected chi connectivity index (χ1v) is 8.76. The van der Waals surface area contributed by atoms with Crippen molar-refractivity contribution in [3.05, 3.63) is 29.6 Å². The quantitative estimate of drug-likeness (QED) is 0.461. The standard InChI is InChI=1S/C18H30N4O/c1-15-8-6-9-16(22-15)14-21-18(19-2)20-12-7-13-23-17-10-4-3-5-11-17/h6,8-9,17H,3-5,7,10-14H2,1-2H3,(H2,19,20,21). The molecule has 0 saturated heterocycles. The summed E-state index contributed by atoms with van der Waals surface area (Å²) in [5, 5.41) is 6.61. The molecule has 0 aliphatic heterocycles. The van der Waals surface area contributed by atoms with Crippen LogP contribution in [0.1, 0.15) is 49.9 Å². The van der Waals surface area contributed by atoms with Crippen LogP contribution in [0.2, 0.25) is 0 Å². The number of rotatable bonds is 7. The summed E-state index contributed by atoms with van der Waals surface area (Å²) in [5.41, 5.74) is 2.06. The fraction of sp³-hybridized carbons (Fsp3) is 0.667. The van der Waals surface area contributed by atoms with Crippen LogP contribution in [0.25, 0.3) is 0 Å². The average molecular weight is 318 g/mol. The van der Waals surface area contributed by atoms with Crippen molar-refractivity contribution >= 4 is 5.96 Å². The lowest BCUT2D eigenvalue weighted by molar-refractivity contribution is 0.0277. The summed E-state index contributed by atoms with van der Waals surface area (Å²) in [5.74, 6) is 0.811. The summed E-state index contributed by atoms with van der Waals surface area (Å²) < 4.78 is 5.93. The molecule has 5 nitrogen and oxygen atoms in total. The largest absolute Gasteiger partial charge is 0.378 e. The number of hydrogen-bond acceptors (Lipinski definition) is 3. The molecule has 0 atom stereocenters. The minimum atomic E-state index is 0.494. The van der Waals surface area contributed by atoms with Crippen LogP contribution in [0.4, 0.5) is 0 Å². The molecule has 23 heavy (non-hydrogen) atoms. The SMILES string of the molecule is CN=C(NCCCOC1CCCCC1)NCc1cccc(C)n1. The van der Waals surface area contributed by atoms with Gasteiger partial charge in [-0.2, -0.15) is 0 Å². The van der Waals surface area contributed by atoms with Gasteiger partial charge in [-0.05, 0) is 38.3 Å². The predicted molar refractivity (Wildman–Crippen MR) is 94.6 cm³/mol. The van der Waals surface area contributed by atoms with Crippen LogP contribution in [0.15, 0.2) is 23.2 Å². The van der Waals surface area contributed by atoms with E-state index in [1.54, 1.807) is 7.05 Å². The third-order valence-corrected chi connectivity index (χ3v) is 4.13. The molecule has 1 aromatic rings. The van der Waals surface area contributed by atoms with Gasteiger partial charge in [0.05, 0.1) is 18.3 Å². The molecule has 0 aromatic carbocycles. The Hall–Kier alpha value is -1.62. The van der Waals surface area contributed by atoms with Crippen molar-refractivity contribution in [3.63, 3.8) is 0 Å².